The average molecular weight is 560 g/mol. The SMILES string of the molecule is CC(C)Oc1ncccc1CNc1ncc(C#N)c(NCC23CC4C[C@H](C2)C(NCC2CCC(O)CC2)[C@@H](C4)C3)n1. The zero-order valence-electron chi connectivity index (χ0n) is 24.5. The van der Waals surface area contributed by atoms with E-state index >= 15 is 0 Å². The molecule has 2 aromatic rings. The smallest absolute Gasteiger partial charge is 0.224 e. The standard InChI is InChI=1S/C32H45N7O2/c1-20(2)41-30-23(4-3-9-34-30)17-36-31-37-18-26(15-33)29(39-31)38-19-32-12-22-10-24(13-32)28(25(11-22)14-32)35-16-21-5-7-27(40)8-6-21/h3-4,9,18,20-22,24-25,27-28,35,40H,5-8,10-14,16-17,19H2,1-2H3,(H2,36,37,38,39)/t21?,22?,24-,25+,27?,28?,32?. The quantitative estimate of drug-likeness (QED) is 0.304. The van der Waals surface area contributed by atoms with Crippen LogP contribution in [0.1, 0.15) is 82.8 Å². The molecular weight excluding hydrogens is 514 g/mol. The number of aliphatic hydroxyl groups excluding tert-OH is 1. The molecule has 4 bridgehead atoms. The van der Waals surface area contributed by atoms with Crippen LogP contribution in [0.15, 0.2) is 24.5 Å². The fourth-order valence-corrected chi connectivity index (χ4v) is 8.41. The first kappa shape index (κ1) is 28.2. The lowest BCUT2D eigenvalue weighted by molar-refractivity contribution is -0.0705. The van der Waals surface area contributed by atoms with Gasteiger partial charge in [0.15, 0.2) is 0 Å². The summed E-state index contributed by atoms with van der Waals surface area (Å²) >= 11 is 0. The van der Waals surface area contributed by atoms with Crippen molar-refractivity contribution in [1.82, 2.24) is 20.3 Å². The largest absolute Gasteiger partial charge is 0.475 e. The molecule has 9 nitrogen and oxygen atoms in total. The van der Waals surface area contributed by atoms with Gasteiger partial charge < -0.3 is 25.8 Å². The molecule has 9 heteroatoms. The monoisotopic (exact) mass is 559 g/mol. The van der Waals surface area contributed by atoms with E-state index in [9.17, 15) is 10.4 Å². The van der Waals surface area contributed by atoms with Crippen molar-refractivity contribution in [3.8, 4) is 11.9 Å². The van der Waals surface area contributed by atoms with Crippen LogP contribution >= 0.6 is 0 Å². The molecular formula is C32H45N7O2. The van der Waals surface area contributed by atoms with Gasteiger partial charge in [-0.1, -0.05) is 6.07 Å². The molecule has 5 atom stereocenters. The highest BCUT2D eigenvalue weighted by atomic mass is 16.5. The van der Waals surface area contributed by atoms with Crippen molar-refractivity contribution in [2.24, 2.45) is 29.1 Å². The Morgan fingerprint density at radius 1 is 1.10 bits per heavy atom. The topological polar surface area (TPSA) is 128 Å². The van der Waals surface area contributed by atoms with Crippen LogP contribution in [0.2, 0.25) is 0 Å². The van der Waals surface area contributed by atoms with Gasteiger partial charge in [-0.2, -0.15) is 10.2 Å². The highest BCUT2D eigenvalue weighted by molar-refractivity contribution is 5.53. The minimum Gasteiger partial charge on any atom is -0.475 e. The molecule has 0 aliphatic heterocycles. The van der Waals surface area contributed by atoms with E-state index in [2.05, 4.69) is 32.0 Å². The molecule has 2 aromatic heterocycles. The van der Waals surface area contributed by atoms with Gasteiger partial charge in [0.2, 0.25) is 11.8 Å². The average Bonchev–Trinajstić information content (AvgIpc) is 2.96. The molecule has 5 fully saturated rings. The molecule has 0 aromatic carbocycles. The number of anilines is 2. The first-order valence-electron chi connectivity index (χ1n) is 15.7. The second-order valence-electron chi connectivity index (χ2n) is 13.5. The maximum absolute atomic E-state index is 9.87. The van der Waals surface area contributed by atoms with Crippen molar-refractivity contribution in [1.29, 1.82) is 5.26 Å². The Morgan fingerprint density at radius 3 is 2.61 bits per heavy atom. The Morgan fingerprint density at radius 2 is 1.88 bits per heavy atom. The summed E-state index contributed by atoms with van der Waals surface area (Å²) in [6.07, 6.45) is 14.0. The number of nitrogens with zero attached hydrogens (tertiary/aromatic N) is 4. The van der Waals surface area contributed by atoms with Crippen LogP contribution in [-0.4, -0.2) is 51.4 Å². The third kappa shape index (κ3) is 6.44. The highest BCUT2D eigenvalue weighted by Crippen LogP contribution is 2.60. The van der Waals surface area contributed by atoms with Gasteiger partial charge in [-0.15, -0.1) is 0 Å². The summed E-state index contributed by atoms with van der Waals surface area (Å²) in [5, 5.41) is 30.6. The summed E-state index contributed by atoms with van der Waals surface area (Å²) in [4.78, 5) is 13.5. The lowest BCUT2D eigenvalue weighted by Gasteiger charge is -2.60. The Balaban J connectivity index is 1.08. The van der Waals surface area contributed by atoms with Gasteiger partial charge in [-0.05, 0) is 113 Å². The number of rotatable bonds is 11. The number of nitrogens with one attached hydrogen (secondary N) is 3. The third-order valence-corrected chi connectivity index (χ3v) is 10.0. The third-order valence-electron chi connectivity index (χ3n) is 10.0. The second-order valence-corrected chi connectivity index (χ2v) is 13.5. The molecule has 0 amide bonds. The van der Waals surface area contributed by atoms with E-state index in [1.54, 1.807) is 12.4 Å². The molecule has 7 rings (SSSR count). The van der Waals surface area contributed by atoms with Gasteiger partial charge in [0, 0.05) is 30.9 Å². The lowest BCUT2D eigenvalue weighted by atomic mass is 9.48. The number of aliphatic hydroxyl groups is 1. The lowest BCUT2D eigenvalue weighted by Crippen LogP contribution is -2.60. The predicted molar refractivity (Wildman–Crippen MR) is 158 cm³/mol. The van der Waals surface area contributed by atoms with E-state index in [0.717, 1.165) is 62.1 Å². The van der Waals surface area contributed by atoms with Crippen LogP contribution in [0.5, 0.6) is 5.88 Å². The Kier molecular flexibility index (Phi) is 8.32. The zero-order valence-corrected chi connectivity index (χ0v) is 24.5. The van der Waals surface area contributed by atoms with Crippen molar-refractivity contribution in [2.75, 3.05) is 23.7 Å². The molecule has 4 N–H and O–H groups in total. The molecule has 5 aliphatic carbocycles. The van der Waals surface area contributed by atoms with Gasteiger partial charge in [0.1, 0.15) is 17.5 Å². The molecule has 3 unspecified atom stereocenters. The summed E-state index contributed by atoms with van der Waals surface area (Å²) in [6, 6.07) is 6.78. The number of ether oxygens (including phenoxy) is 1. The number of hydrogen-bond donors (Lipinski definition) is 4. The molecule has 2 heterocycles. The molecule has 220 valence electrons. The summed E-state index contributed by atoms with van der Waals surface area (Å²) in [6.45, 7) is 6.40. The minimum atomic E-state index is -0.0820. The number of pyridine rings is 1. The van der Waals surface area contributed by atoms with Gasteiger partial charge in [0.25, 0.3) is 0 Å². The Labute approximate surface area is 243 Å². The van der Waals surface area contributed by atoms with Crippen molar-refractivity contribution < 1.29 is 9.84 Å². The predicted octanol–water partition coefficient (Wildman–Crippen LogP) is 4.89. The van der Waals surface area contributed by atoms with E-state index in [1.165, 1.54) is 32.1 Å². The summed E-state index contributed by atoms with van der Waals surface area (Å²) in [7, 11) is 0. The summed E-state index contributed by atoms with van der Waals surface area (Å²) in [5.41, 5.74) is 1.68. The molecule has 0 spiro atoms. The minimum absolute atomic E-state index is 0.0353. The van der Waals surface area contributed by atoms with Crippen LogP contribution < -0.4 is 20.7 Å². The summed E-state index contributed by atoms with van der Waals surface area (Å²) in [5.74, 6) is 4.69. The number of hydrogen-bond acceptors (Lipinski definition) is 9. The molecule has 41 heavy (non-hydrogen) atoms. The second kappa shape index (κ2) is 12.1. The van der Waals surface area contributed by atoms with Crippen LogP contribution in [0.3, 0.4) is 0 Å². The van der Waals surface area contributed by atoms with Crippen molar-refractivity contribution in [3.05, 3.63) is 35.7 Å². The Bertz CT molecular complexity index is 1220. The van der Waals surface area contributed by atoms with E-state index in [0.29, 0.717) is 41.7 Å². The first-order chi connectivity index (χ1) is 19.9. The fraction of sp³-hybridized carbons (Fsp3) is 0.688. The van der Waals surface area contributed by atoms with Gasteiger partial charge in [-0.3, -0.25) is 0 Å². The summed E-state index contributed by atoms with van der Waals surface area (Å²) < 4.78 is 5.85. The Hall–Kier alpha value is -2.96. The number of nitriles is 1. The van der Waals surface area contributed by atoms with Crippen molar-refractivity contribution in [2.45, 2.75) is 96.4 Å². The van der Waals surface area contributed by atoms with Gasteiger partial charge in [0.05, 0.1) is 18.4 Å². The van der Waals surface area contributed by atoms with Crippen LogP contribution in [-0.2, 0) is 6.54 Å². The van der Waals surface area contributed by atoms with Crippen molar-refractivity contribution in [3.63, 3.8) is 0 Å². The number of aromatic nitrogens is 3. The van der Waals surface area contributed by atoms with Crippen LogP contribution in [0.4, 0.5) is 11.8 Å². The van der Waals surface area contributed by atoms with Gasteiger partial charge >= 0.3 is 0 Å². The van der Waals surface area contributed by atoms with E-state index in [1.807, 2.05) is 26.0 Å². The molecule has 5 saturated carbocycles. The van der Waals surface area contributed by atoms with E-state index in [4.69, 9.17) is 9.72 Å². The fourth-order valence-electron chi connectivity index (χ4n) is 8.41. The van der Waals surface area contributed by atoms with Crippen LogP contribution in [0, 0.1) is 40.4 Å². The molecule has 0 saturated heterocycles. The highest BCUT2D eigenvalue weighted by Gasteiger charge is 2.55. The first-order valence-corrected chi connectivity index (χ1v) is 15.7. The molecule has 5 aliphatic rings. The van der Waals surface area contributed by atoms with Crippen molar-refractivity contribution >= 4 is 11.8 Å². The van der Waals surface area contributed by atoms with E-state index in [-0.39, 0.29) is 17.6 Å². The van der Waals surface area contributed by atoms with Gasteiger partial charge in [-0.25, -0.2) is 9.97 Å². The maximum Gasteiger partial charge on any atom is 0.224 e. The maximum atomic E-state index is 9.87. The normalized spacial score (nSPS) is 32.1. The molecule has 0 radical (unpaired) electrons. The van der Waals surface area contributed by atoms with Crippen LogP contribution in [0.25, 0.3) is 0 Å². The zero-order chi connectivity index (χ0) is 28.4. The van der Waals surface area contributed by atoms with E-state index < -0.39 is 0 Å².